The molecule has 0 aliphatic rings. The van der Waals surface area contributed by atoms with E-state index in [0.29, 0.717) is 32.8 Å². The minimum absolute atomic E-state index is 0.00947. The lowest BCUT2D eigenvalue weighted by molar-refractivity contribution is -0.385. The molecule has 6 aromatic rings. The Hall–Kier alpha value is -4.51. The third-order valence-corrected chi connectivity index (χ3v) is 7.49. The first-order valence-corrected chi connectivity index (χ1v) is 13.9. The number of furan rings is 1. The molecule has 2 aromatic heterocycles. The quantitative estimate of drug-likeness (QED) is 0.0966. The highest BCUT2D eigenvalue weighted by Gasteiger charge is 2.22. The fourth-order valence-electron chi connectivity index (χ4n) is 4.36. The van der Waals surface area contributed by atoms with E-state index in [4.69, 9.17) is 32.4 Å². The summed E-state index contributed by atoms with van der Waals surface area (Å²) in [5, 5.41) is 17.9. The van der Waals surface area contributed by atoms with Crippen LogP contribution in [0, 0.1) is 10.1 Å². The molecule has 0 aliphatic heterocycles. The smallest absolute Gasteiger partial charge is 0.313 e. The van der Waals surface area contributed by atoms with Crippen LogP contribution in [0.3, 0.4) is 0 Å². The first kappa shape index (κ1) is 27.6. The summed E-state index contributed by atoms with van der Waals surface area (Å²) in [6.07, 6.45) is 1.29. The molecule has 0 spiro atoms. The Bertz CT molecular complexity index is 2110. The largest absolute Gasteiger partial charge is 0.481 e. The maximum Gasteiger partial charge on any atom is 0.313 e. The Morgan fingerprint density at radius 2 is 1.81 bits per heavy atom. The zero-order valence-corrected chi connectivity index (χ0v) is 24.4. The van der Waals surface area contributed by atoms with Gasteiger partial charge in [-0.25, -0.2) is 4.98 Å². The predicted molar refractivity (Wildman–Crippen MR) is 166 cm³/mol. The number of hydrogen-bond acceptors (Lipinski definition) is 7. The number of halogens is 3. The minimum Gasteiger partial charge on any atom is -0.481 e. The number of para-hydroxylation sites is 1. The highest BCUT2D eigenvalue weighted by atomic mass is 79.9. The van der Waals surface area contributed by atoms with Crippen molar-refractivity contribution in [1.29, 1.82) is 0 Å². The maximum absolute atomic E-state index is 13.6. The van der Waals surface area contributed by atoms with Crippen LogP contribution in [0.15, 0.2) is 104 Å². The number of aromatic nitrogens is 2. The van der Waals surface area contributed by atoms with Crippen molar-refractivity contribution in [3.05, 3.63) is 131 Å². The zero-order chi connectivity index (χ0) is 29.4. The Morgan fingerprint density at radius 1 is 1.02 bits per heavy atom. The van der Waals surface area contributed by atoms with Gasteiger partial charge in [0.2, 0.25) is 11.6 Å². The average molecular weight is 664 g/mol. The van der Waals surface area contributed by atoms with Crippen LogP contribution in [0.25, 0.3) is 33.5 Å². The molecule has 0 bridgehead atoms. The number of ether oxygens (including phenoxy) is 1. The number of benzene rings is 4. The maximum atomic E-state index is 13.6. The summed E-state index contributed by atoms with van der Waals surface area (Å²) in [6, 6.07) is 23.8. The van der Waals surface area contributed by atoms with Crippen molar-refractivity contribution >= 4 is 72.9 Å². The van der Waals surface area contributed by atoms with Gasteiger partial charge in [0.05, 0.1) is 27.1 Å². The molecule has 2 heterocycles. The van der Waals surface area contributed by atoms with Crippen molar-refractivity contribution in [1.82, 2.24) is 9.66 Å². The van der Waals surface area contributed by atoms with E-state index in [-0.39, 0.29) is 34.5 Å². The lowest BCUT2D eigenvalue weighted by Crippen LogP contribution is -2.20. The van der Waals surface area contributed by atoms with Gasteiger partial charge in [-0.05, 0) is 48.5 Å². The van der Waals surface area contributed by atoms with Crippen molar-refractivity contribution in [3.63, 3.8) is 0 Å². The van der Waals surface area contributed by atoms with Gasteiger partial charge < -0.3 is 9.15 Å². The first-order chi connectivity index (χ1) is 20.3. The van der Waals surface area contributed by atoms with Crippen LogP contribution in [-0.4, -0.2) is 20.8 Å². The fraction of sp³-hybridized carbons (Fsp3) is 0.0333. The van der Waals surface area contributed by atoms with Crippen LogP contribution in [0.1, 0.15) is 11.1 Å². The third kappa shape index (κ3) is 5.39. The molecule has 0 saturated heterocycles. The molecule has 6 rings (SSSR count). The van der Waals surface area contributed by atoms with E-state index in [2.05, 4.69) is 26.0 Å². The molecule has 12 heteroatoms. The van der Waals surface area contributed by atoms with Crippen molar-refractivity contribution in [2.24, 2.45) is 5.10 Å². The van der Waals surface area contributed by atoms with E-state index >= 15 is 0 Å². The fourth-order valence-corrected chi connectivity index (χ4v) is 5.20. The Labute approximate surface area is 255 Å². The molecule has 0 unspecified atom stereocenters. The van der Waals surface area contributed by atoms with Crippen LogP contribution in [0.4, 0.5) is 5.69 Å². The molecule has 0 N–H and O–H groups in total. The van der Waals surface area contributed by atoms with Gasteiger partial charge in [-0.15, -0.1) is 0 Å². The highest BCUT2D eigenvalue weighted by molar-refractivity contribution is 9.10. The first-order valence-electron chi connectivity index (χ1n) is 12.4. The average Bonchev–Trinajstić information content (AvgIpc) is 3.39. The molecule has 0 atom stereocenters. The van der Waals surface area contributed by atoms with Crippen LogP contribution < -0.4 is 10.3 Å². The van der Waals surface area contributed by atoms with Gasteiger partial charge in [-0.1, -0.05) is 69.5 Å². The lowest BCUT2D eigenvalue weighted by atomic mass is 10.2. The second-order valence-electron chi connectivity index (χ2n) is 9.10. The Balaban J connectivity index is 1.42. The van der Waals surface area contributed by atoms with Gasteiger partial charge in [-0.2, -0.15) is 9.78 Å². The molecule has 42 heavy (non-hydrogen) atoms. The molecule has 4 aromatic carbocycles. The molecule has 0 radical (unpaired) electrons. The van der Waals surface area contributed by atoms with Gasteiger partial charge in [-0.3, -0.25) is 14.9 Å². The number of nitro groups is 1. The third-order valence-electron chi connectivity index (χ3n) is 6.35. The van der Waals surface area contributed by atoms with Gasteiger partial charge in [0.15, 0.2) is 5.76 Å². The monoisotopic (exact) mass is 662 g/mol. The predicted octanol–water partition coefficient (Wildman–Crippen LogP) is 8.25. The summed E-state index contributed by atoms with van der Waals surface area (Å²) in [5.74, 6) is 0.357. The molecule has 0 amide bonds. The van der Waals surface area contributed by atoms with E-state index < -0.39 is 10.5 Å². The minimum atomic E-state index is -0.604. The highest BCUT2D eigenvalue weighted by Crippen LogP contribution is 2.37. The standard InChI is InChI=1S/C30H17BrCl2N4O5/c31-20-9-10-26-19(13-20)14-27(42-26)29-35-24-8-4-2-6-21(24)30(38)36(29)34-15-17-11-23(33)28(25(12-17)37(39)40)41-16-18-5-1-3-7-22(18)32/h1-15H,16H2. The normalized spacial score (nSPS) is 11.5. The summed E-state index contributed by atoms with van der Waals surface area (Å²) in [4.78, 5) is 29.5. The van der Waals surface area contributed by atoms with E-state index in [9.17, 15) is 14.9 Å². The number of rotatable bonds is 7. The molecule has 0 fully saturated rings. The van der Waals surface area contributed by atoms with Crippen LogP contribution >= 0.6 is 39.1 Å². The lowest BCUT2D eigenvalue weighted by Gasteiger charge is -2.11. The van der Waals surface area contributed by atoms with Gasteiger partial charge in [0, 0.05) is 32.1 Å². The van der Waals surface area contributed by atoms with Crippen LogP contribution in [0.5, 0.6) is 5.75 Å². The van der Waals surface area contributed by atoms with E-state index in [1.807, 2.05) is 12.1 Å². The van der Waals surface area contributed by atoms with Gasteiger partial charge in [0.25, 0.3) is 5.56 Å². The van der Waals surface area contributed by atoms with Gasteiger partial charge >= 0.3 is 5.69 Å². The summed E-state index contributed by atoms with van der Waals surface area (Å²) >= 11 is 16.1. The van der Waals surface area contributed by atoms with Crippen molar-refractivity contribution in [2.75, 3.05) is 0 Å². The summed E-state index contributed by atoms with van der Waals surface area (Å²) < 4.78 is 13.7. The number of hydrogen-bond donors (Lipinski definition) is 0. The Kier molecular flexibility index (Phi) is 7.51. The summed E-state index contributed by atoms with van der Waals surface area (Å²) in [6.45, 7) is -0.0245. The summed E-state index contributed by atoms with van der Waals surface area (Å²) in [7, 11) is 0. The van der Waals surface area contributed by atoms with Crippen LogP contribution in [0.2, 0.25) is 10.0 Å². The van der Waals surface area contributed by atoms with E-state index in [1.165, 1.54) is 18.3 Å². The number of fused-ring (bicyclic) bond motifs is 2. The molecule has 0 saturated carbocycles. The van der Waals surface area contributed by atoms with Crippen LogP contribution in [-0.2, 0) is 6.61 Å². The Morgan fingerprint density at radius 3 is 2.62 bits per heavy atom. The van der Waals surface area contributed by atoms with Gasteiger partial charge in [0.1, 0.15) is 12.2 Å². The number of nitro benzene ring substituents is 1. The van der Waals surface area contributed by atoms with E-state index in [0.717, 1.165) is 14.5 Å². The van der Waals surface area contributed by atoms with E-state index in [1.54, 1.807) is 60.7 Å². The summed E-state index contributed by atoms with van der Waals surface area (Å²) in [5.41, 5.74) is 1.14. The second kappa shape index (κ2) is 11.4. The topological polar surface area (TPSA) is 113 Å². The number of nitrogens with zero attached hydrogens (tertiary/aromatic N) is 4. The SMILES string of the molecule is O=c1c2ccccc2nc(-c2cc3cc(Br)ccc3o2)n1N=Cc1cc(Cl)c(OCc2ccccc2Cl)c([N+](=O)[O-])c1. The second-order valence-corrected chi connectivity index (χ2v) is 10.8. The van der Waals surface area contributed by atoms with Crippen molar-refractivity contribution in [2.45, 2.75) is 6.61 Å². The molecular weight excluding hydrogens is 647 g/mol. The molecule has 9 nitrogen and oxygen atoms in total. The molecular formula is C30H17BrCl2N4O5. The van der Waals surface area contributed by atoms with Crippen molar-refractivity contribution in [3.8, 4) is 17.3 Å². The molecule has 208 valence electrons. The van der Waals surface area contributed by atoms with Crippen molar-refractivity contribution < 1.29 is 14.1 Å². The molecule has 0 aliphatic carbocycles. The zero-order valence-electron chi connectivity index (χ0n) is 21.3.